The average Bonchev–Trinajstić information content (AvgIpc) is 2.61. The zero-order valence-electron chi connectivity index (χ0n) is 14.0. The lowest BCUT2D eigenvalue weighted by Gasteiger charge is -2.09. The molecule has 1 heterocycles. The maximum Gasteiger partial charge on any atom is 0.269 e. The van der Waals surface area contributed by atoms with Gasteiger partial charge >= 0.3 is 0 Å². The number of hydrogen-bond donors (Lipinski definition) is 2. The molecule has 7 heteroatoms. The topological polar surface area (TPSA) is 63.2 Å². The molecule has 0 saturated carbocycles. The number of carbonyl (C=O) groups excluding carboxylic acids is 1. The van der Waals surface area contributed by atoms with E-state index in [9.17, 15) is 4.79 Å². The van der Waals surface area contributed by atoms with E-state index in [0.29, 0.717) is 35.4 Å². The van der Waals surface area contributed by atoms with E-state index >= 15 is 0 Å². The van der Waals surface area contributed by atoms with Crippen LogP contribution in [0.3, 0.4) is 0 Å². The fraction of sp³-hybridized carbons (Fsp3) is 0.333. The predicted octanol–water partition coefficient (Wildman–Crippen LogP) is 3.81. The van der Waals surface area contributed by atoms with Crippen LogP contribution in [0, 0.1) is 0 Å². The molecule has 1 amide bonds. The number of rotatable bonds is 9. The lowest BCUT2D eigenvalue weighted by molar-refractivity contribution is 0.0943. The predicted molar refractivity (Wildman–Crippen MR) is 102 cm³/mol. The van der Waals surface area contributed by atoms with Gasteiger partial charge in [-0.15, -0.1) is 0 Å². The third kappa shape index (κ3) is 6.53. The number of anilines is 1. The minimum absolute atomic E-state index is 0.185. The Morgan fingerprint density at radius 2 is 2.04 bits per heavy atom. The van der Waals surface area contributed by atoms with Crippen molar-refractivity contribution in [3.63, 3.8) is 0 Å². The largest absolute Gasteiger partial charge is 0.385 e. The van der Waals surface area contributed by atoms with Crippen molar-refractivity contribution in [2.24, 2.45) is 0 Å². The highest BCUT2D eigenvalue weighted by Gasteiger charge is 2.06. The van der Waals surface area contributed by atoms with Crippen LogP contribution in [0.15, 0.2) is 36.5 Å². The van der Waals surface area contributed by atoms with E-state index in [2.05, 4.69) is 15.6 Å². The highest BCUT2D eigenvalue weighted by Crippen LogP contribution is 2.21. The van der Waals surface area contributed by atoms with Gasteiger partial charge in [-0.25, -0.2) is 4.98 Å². The second-order valence-electron chi connectivity index (χ2n) is 5.45. The Bertz CT molecular complexity index is 693. The first-order valence-electron chi connectivity index (χ1n) is 8.01. The van der Waals surface area contributed by atoms with Crippen molar-refractivity contribution in [3.8, 4) is 0 Å². The van der Waals surface area contributed by atoms with E-state index in [0.717, 1.165) is 24.1 Å². The molecule has 1 aromatic heterocycles. The van der Waals surface area contributed by atoms with E-state index in [1.165, 1.54) is 0 Å². The zero-order chi connectivity index (χ0) is 18.1. The Labute approximate surface area is 157 Å². The highest BCUT2D eigenvalue weighted by molar-refractivity contribution is 6.35. The standard InChI is InChI=1S/C18H21Cl2N3O2/c1-25-10-2-8-22-18(24)17-6-5-15(12-23-17)21-9-7-13-3-4-14(19)11-16(13)20/h3-6,11-12,21H,2,7-10H2,1H3,(H,22,24). The number of amides is 1. The second kappa shape index (κ2) is 10.2. The molecule has 134 valence electrons. The van der Waals surface area contributed by atoms with Crippen LogP contribution in [0.5, 0.6) is 0 Å². The lowest BCUT2D eigenvalue weighted by atomic mass is 10.1. The minimum atomic E-state index is -0.185. The summed E-state index contributed by atoms with van der Waals surface area (Å²) in [7, 11) is 1.63. The van der Waals surface area contributed by atoms with Gasteiger partial charge in [0.25, 0.3) is 5.91 Å². The van der Waals surface area contributed by atoms with Gasteiger partial charge in [-0.05, 0) is 42.7 Å². The summed E-state index contributed by atoms with van der Waals surface area (Å²) in [4.78, 5) is 16.1. The molecule has 0 saturated heterocycles. The van der Waals surface area contributed by atoms with Gasteiger partial charge in [0.05, 0.1) is 11.9 Å². The van der Waals surface area contributed by atoms with Crippen LogP contribution in [-0.4, -0.2) is 37.7 Å². The number of ether oxygens (including phenoxy) is 1. The molecule has 1 aromatic carbocycles. The molecule has 2 aromatic rings. The Morgan fingerprint density at radius 3 is 2.72 bits per heavy atom. The zero-order valence-corrected chi connectivity index (χ0v) is 15.5. The van der Waals surface area contributed by atoms with Crippen LogP contribution < -0.4 is 10.6 Å². The molecular weight excluding hydrogens is 361 g/mol. The van der Waals surface area contributed by atoms with Crippen LogP contribution >= 0.6 is 23.2 Å². The van der Waals surface area contributed by atoms with E-state index in [1.807, 2.05) is 18.2 Å². The summed E-state index contributed by atoms with van der Waals surface area (Å²) < 4.78 is 4.94. The van der Waals surface area contributed by atoms with Crippen molar-refractivity contribution in [1.29, 1.82) is 0 Å². The fourth-order valence-electron chi connectivity index (χ4n) is 2.21. The molecule has 0 fully saturated rings. The average molecular weight is 382 g/mol. The van der Waals surface area contributed by atoms with Crippen molar-refractivity contribution in [2.45, 2.75) is 12.8 Å². The van der Waals surface area contributed by atoms with Gasteiger partial charge in [0.2, 0.25) is 0 Å². The maximum absolute atomic E-state index is 11.9. The Kier molecular flexibility index (Phi) is 7.98. The summed E-state index contributed by atoms with van der Waals surface area (Å²) in [6.45, 7) is 1.88. The second-order valence-corrected chi connectivity index (χ2v) is 6.29. The van der Waals surface area contributed by atoms with Crippen LogP contribution in [0.1, 0.15) is 22.5 Å². The summed E-state index contributed by atoms with van der Waals surface area (Å²) >= 11 is 12.0. The monoisotopic (exact) mass is 381 g/mol. The first-order chi connectivity index (χ1) is 12.1. The molecule has 0 atom stereocenters. The number of methoxy groups -OCH3 is 1. The van der Waals surface area contributed by atoms with E-state index in [4.69, 9.17) is 27.9 Å². The Morgan fingerprint density at radius 1 is 1.20 bits per heavy atom. The summed E-state index contributed by atoms with van der Waals surface area (Å²) in [6, 6.07) is 9.01. The van der Waals surface area contributed by atoms with Crippen molar-refractivity contribution >= 4 is 34.8 Å². The molecule has 0 aliphatic carbocycles. The van der Waals surface area contributed by atoms with E-state index < -0.39 is 0 Å². The summed E-state index contributed by atoms with van der Waals surface area (Å²) in [6.07, 6.45) is 3.18. The number of pyridine rings is 1. The molecule has 0 spiro atoms. The van der Waals surface area contributed by atoms with E-state index in [-0.39, 0.29) is 5.91 Å². The Balaban J connectivity index is 1.79. The lowest BCUT2D eigenvalue weighted by Crippen LogP contribution is -2.26. The smallest absolute Gasteiger partial charge is 0.269 e. The summed E-state index contributed by atoms with van der Waals surface area (Å²) in [5.41, 5.74) is 2.27. The van der Waals surface area contributed by atoms with Crippen LogP contribution in [0.25, 0.3) is 0 Å². The molecule has 0 bridgehead atoms. The molecule has 0 radical (unpaired) electrons. The van der Waals surface area contributed by atoms with Crippen molar-refractivity contribution in [2.75, 3.05) is 32.1 Å². The molecule has 0 unspecified atom stereocenters. The van der Waals surface area contributed by atoms with E-state index in [1.54, 1.807) is 25.4 Å². The number of halogens is 2. The number of hydrogen-bond acceptors (Lipinski definition) is 4. The van der Waals surface area contributed by atoms with Gasteiger partial charge in [0, 0.05) is 36.9 Å². The molecule has 2 N–H and O–H groups in total. The molecule has 5 nitrogen and oxygen atoms in total. The van der Waals surface area contributed by atoms with Gasteiger partial charge in [0.15, 0.2) is 0 Å². The summed E-state index contributed by atoms with van der Waals surface area (Å²) in [5.74, 6) is -0.185. The summed E-state index contributed by atoms with van der Waals surface area (Å²) in [5, 5.41) is 7.35. The number of benzene rings is 1. The molecule has 2 rings (SSSR count). The van der Waals surface area contributed by atoms with Gasteiger partial charge in [-0.2, -0.15) is 0 Å². The van der Waals surface area contributed by atoms with Crippen molar-refractivity contribution < 1.29 is 9.53 Å². The van der Waals surface area contributed by atoms with Crippen LogP contribution in [-0.2, 0) is 11.2 Å². The molecule has 0 aliphatic rings. The highest BCUT2D eigenvalue weighted by atomic mass is 35.5. The number of aromatic nitrogens is 1. The van der Waals surface area contributed by atoms with Crippen molar-refractivity contribution in [3.05, 3.63) is 57.8 Å². The van der Waals surface area contributed by atoms with Gasteiger partial charge in [0.1, 0.15) is 5.69 Å². The molecular formula is C18H21Cl2N3O2. The SMILES string of the molecule is COCCCNC(=O)c1ccc(NCCc2ccc(Cl)cc2Cl)cn1. The van der Waals surface area contributed by atoms with Gasteiger partial charge in [-0.1, -0.05) is 29.3 Å². The molecule has 25 heavy (non-hydrogen) atoms. The molecule has 0 aliphatic heterocycles. The maximum atomic E-state index is 11.9. The third-order valence-electron chi connectivity index (χ3n) is 3.55. The number of carbonyl (C=O) groups is 1. The first-order valence-corrected chi connectivity index (χ1v) is 8.76. The van der Waals surface area contributed by atoms with Crippen LogP contribution in [0.2, 0.25) is 10.0 Å². The third-order valence-corrected chi connectivity index (χ3v) is 4.13. The Hall–Kier alpha value is -1.82. The van der Waals surface area contributed by atoms with Crippen molar-refractivity contribution in [1.82, 2.24) is 10.3 Å². The fourth-order valence-corrected chi connectivity index (χ4v) is 2.71. The number of nitrogens with one attached hydrogen (secondary N) is 2. The normalized spacial score (nSPS) is 10.5. The number of nitrogens with zero attached hydrogens (tertiary/aromatic N) is 1. The van der Waals surface area contributed by atoms with Crippen LogP contribution in [0.4, 0.5) is 5.69 Å². The van der Waals surface area contributed by atoms with Gasteiger partial charge < -0.3 is 15.4 Å². The quantitative estimate of drug-likeness (QED) is 0.648. The first kappa shape index (κ1) is 19.5. The van der Waals surface area contributed by atoms with Gasteiger partial charge in [-0.3, -0.25) is 4.79 Å². The minimum Gasteiger partial charge on any atom is -0.385 e.